The smallest absolute Gasteiger partial charge is 0.0476 e. The zero-order chi connectivity index (χ0) is 10.6. The number of alkyl halides is 1. The molecule has 0 spiro atoms. The molecule has 0 radical (unpaired) electrons. The van der Waals surface area contributed by atoms with E-state index >= 15 is 0 Å². The van der Waals surface area contributed by atoms with Gasteiger partial charge in [-0.2, -0.15) is 0 Å². The first-order valence-electron chi connectivity index (χ1n) is 5.13. The molecule has 0 fully saturated rings. The molecule has 0 bridgehead atoms. The third-order valence-corrected chi connectivity index (χ3v) is 2.89. The quantitative estimate of drug-likeness (QED) is 0.689. The van der Waals surface area contributed by atoms with E-state index in [1.54, 1.807) is 0 Å². The molecule has 1 rings (SSSR count). The van der Waals surface area contributed by atoms with Crippen LogP contribution in [0, 0.1) is 6.92 Å². The van der Waals surface area contributed by atoms with Gasteiger partial charge in [0.15, 0.2) is 0 Å². The van der Waals surface area contributed by atoms with Crippen LogP contribution in [0.25, 0.3) is 0 Å². The Kier molecular flexibility index (Phi) is 4.27. The molecule has 0 saturated carbocycles. The predicted octanol–water partition coefficient (Wildman–Crippen LogP) is 3.58. The number of benzene rings is 1. The van der Waals surface area contributed by atoms with Crippen molar-refractivity contribution >= 4 is 17.3 Å². The van der Waals surface area contributed by atoms with Crippen molar-refractivity contribution in [2.75, 3.05) is 18.0 Å². The molecule has 0 heterocycles. The Bertz CT molecular complexity index is 292. The van der Waals surface area contributed by atoms with E-state index in [1.807, 2.05) is 0 Å². The average molecular weight is 212 g/mol. The highest BCUT2D eigenvalue weighted by Crippen LogP contribution is 2.20. The molecule has 0 aliphatic carbocycles. The lowest BCUT2D eigenvalue weighted by Gasteiger charge is -2.21. The minimum atomic E-state index is 0.602. The summed E-state index contributed by atoms with van der Waals surface area (Å²) in [6.45, 7) is 8.57. The molecule has 1 aromatic carbocycles. The van der Waals surface area contributed by atoms with Crippen molar-refractivity contribution in [2.24, 2.45) is 0 Å². The van der Waals surface area contributed by atoms with Crippen LogP contribution in [-0.2, 0) is 5.88 Å². The van der Waals surface area contributed by atoms with Crippen LogP contribution in [0.5, 0.6) is 0 Å². The van der Waals surface area contributed by atoms with Crippen LogP contribution in [0.15, 0.2) is 18.2 Å². The Balaban J connectivity index is 2.95. The molecule has 2 heteroatoms. The molecule has 1 aromatic rings. The monoisotopic (exact) mass is 211 g/mol. The van der Waals surface area contributed by atoms with Crippen LogP contribution >= 0.6 is 11.6 Å². The van der Waals surface area contributed by atoms with E-state index in [0.29, 0.717) is 5.88 Å². The molecule has 78 valence electrons. The largest absolute Gasteiger partial charge is 0.372 e. The number of halogens is 1. The first-order chi connectivity index (χ1) is 6.72. The minimum Gasteiger partial charge on any atom is -0.372 e. The Morgan fingerprint density at radius 1 is 1.21 bits per heavy atom. The molecule has 0 amide bonds. The molecule has 0 aliphatic heterocycles. The van der Waals surface area contributed by atoms with Crippen molar-refractivity contribution in [3.63, 3.8) is 0 Å². The molecular formula is C12H18ClN. The molecule has 0 aromatic heterocycles. The summed E-state index contributed by atoms with van der Waals surface area (Å²) in [6, 6.07) is 6.48. The van der Waals surface area contributed by atoms with Gasteiger partial charge in [-0.1, -0.05) is 6.07 Å². The van der Waals surface area contributed by atoms with Gasteiger partial charge in [0.05, 0.1) is 0 Å². The van der Waals surface area contributed by atoms with Gasteiger partial charge >= 0.3 is 0 Å². The highest BCUT2D eigenvalue weighted by Gasteiger charge is 2.03. The van der Waals surface area contributed by atoms with Crippen LogP contribution in [0.4, 0.5) is 5.69 Å². The molecule has 1 nitrogen and oxygen atoms in total. The van der Waals surface area contributed by atoms with Gasteiger partial charge in [0.25, 0.3) is 0 Å². The fourth-order valence-electron chi connectivity index (χ4n) is 1.62. The summed E-state index contributed by atoms with van der Waals surface area (Å²) in [5.74, 6) is 0.602. The predicted molar refractivity (Wildman–Crippen MR) is 64.3 cm³/mol. The van der Waals surface area contributed by atoms with Crippen molar-refractivity contribution in [2.45, 2.75) is 26.7 Å². The van der Waals surface area contributed by atoms with Crippen molar-refractivity contribution in [1.29, 1.82) is 0 Å². The van der Waals surface area contributed by atoms with E-state index in [4.69, 9.17) is 11.6 Å². The summed E-state index contributed by atoms with van der Waals surface area (Å²) in [5.41, 5.74) is 3.80. The van der Waals surface area contributed by atoms with E-state index in [2.05, 4.69) is 43.9 Å². The number of hydrogen-bond acceptors (Lipinski definition) is 1. The van der Waals surface area contributed by atoms with Crippen LogP contribution in [0.1, 0.15) is 25.0 Å². The van der Waals surface area contributed by atoms with Crippen molar-refractivity contribution in [3.8, 4) is 0 Å². The third kappa shape index (κ3) is 2.42. The lowest BCUT2D eigenvalue weighted by molar-refractivity contribution is 0.865. The molecule has 14 heavy (non-hydrogen) atoms. The molecule has 0 saturated heterocycles. The van der Waals surface area contributed by atoms with Gasteiger partial charge in [0, 0.05) is 24.7 Å². The molecule has 0 atom stereocenters. The number of hydrogen-bond donors (Lipinski definition) is 0. The van der Waals surface area contributed by atoms with Crippen LogP contribution in [0.2, 0.25) is 0 Å². The molecular weight excluding hydrogens is 194 g/mol. The summed E-state index contributed by atoms with van der Waals surface area (Å²) >= 11 is 5.82. The zero-order valence-electron chi connectivity index (χ0n) is 9.18. The second-order valence-electron chi connectivity index (χ2n) is 3.42. The van der Waals surface area contributed by atoms with Gasteiger partial charge in [-0.05, 0) is 44.0 Å². The standard InChI is InChI=1S/C12H18ClN/c1-4-14(5-2)12-7-6-11(9-13)10(3)8-12/h6-8H,4-5,9H2,1-3H3. The number of aryl methyl sites for hydroxylation is 1. The second-order valence-corrected chi connectivity index (χ2v) is 3.68. The number of nitrogens with zero attached hydrogens (tertiary/aromatic N) is 1. The molecule has 0 unspecified atom stereocenters. The van der Waals surface area contributed by atoms with Gasteiger partial charge in [-0.15, -0.1) is 11.6 Å². The van der Waals surface area contributed by atoms with Gasteiger partial charge in [-0.25, -0.2) is 0 Å². The maximum Gasteiger partial charge on any atom is 0.0476 e. The molecule has 0 N–H and O–H groups in total. The zero-order valence-corrected chi connectivity index (χ0v) is 9.93. The summed E-state index contributed by atoms with van der Waals surface area (Å²) in [7, 11) is 0. The second kappa shape index (κ2) is 5.26. The fourth-order valence-corrected chi connectivity index (χ4v) is 1.92. The van der Waals surface area contributed by atoms with Crippen LogP contribution in [-0.4, -0.2) is 13.1 Å². The van der Waals surface area contributed by atoms with E-state index < -0.39 is 0 Å². The Morgan fingerprint density at radius 2 is 1.86 bits per heavy atom. The van der Waals surface area contributed by atoms with Crippen molar-refractivity contribution < 1.29 is 0 Å². The summed E-state index contributed by atoms with van der Waals surface area (Å²) in [5, 5.41) is 0. The van der Waals surface area contributed by atoms with Crippen LogP contribution in [0.3, 0.4) is 0 Å². The lowest BCUT2D eigenvalue weighted by Crippen LogP contribution is -2.21. The van der Waals surface area contributed by atoms with Gasteiger partial charge in [0.1, 0.15) is 0 Å². The Morgan fingerprint density at radius 3 is 2.29 bits per heavy atom. The van der Waals surface area contributed by atoms with E-state index in [0.717, 1.165) is 13.1 Å². The van der Waals surface area contributed by atoms with E-state index in [9.17, 15) is 0 Å². The van der Waals surface area contributed by atoms with Crippen LogP contribution < -0.4 is 4.90 Å². The van der Waals surface area contributed by atoms with Gasteiger partial charge in [-0.3, -0.25) is 0 Å². The minimum absolute atomic E-state index is 0.602. The van der Waals surface area contributed by atoms with E-state index in [1.165, 1.54) is 16.8 Å². The average Bonchev–Trinajstić information content (AvgIpc) is 2.20. The van der Waals surface area contributed by atoms with Crippen molar-refractivity contribution in [1.82, 2.24) is 0 Å². The van der Waals surface area contributed by atoms with Gasteiger partial charge < -0.3 is 4.90 Å². The van der Waals surface area contributed by atoms with Crippen molar-refractivity contribution in [3.05, 3.63) is 29.3 Å². The summed E-state index contributed by atoms with van der Waals surface area (Å²) in [6.07, 6.45) is 0. The maximum absolute atomic E-state index is 5.82. The molecule has 0 aliphatic rings. The fraction of sp³-hybridized carbons (Fsp3) is 0.500. The highest BCUT2D eigenvalue weighted by atomic mass is 35.5. The maximum atomic E-state index is 5.82. The Hall–Kier alpha value is -0.690. The lowest BCUT2D eigenvalue weighted by atomic mass is 10.1. The normalized spacial score (nSPS) is 10.3. The number of rotatable bonds is 4. The first-order valence-corrected chi connectivity index (χ1v) is 5.66. The summed E-state index contributed by atoms with van der Waals surface area (Å²) in [4.78, 5) is 2.34. The topological polar surface area (TPSA) is 3.24 Å². The Labute approximate surface area is 91.7 Å². The number of anilines is 1. The summed E-state index contributed by atoms with van der Waals surface area (Å²) < 4.78 is 0. The highest BCUT2D eigenvalue weighted by molar-refractivity contribution is 6.17. The van der Waals surface area contributed by atoms with E-state index in [-0.39, 0.29) is 0 Å². The first kappa shape index (κ1) is 11.4. The third-order valence-electron chi connectivity index (χ3n) is 2.60. The van der Waals surface area contributed by atoms with Gasteiger partial charge in [0.2, 0.25) is 0 Å². The SMILES string of the molecule is CCN(CC)c1ccc(CCl)c(C)c1.